The van der Waals surface area contributed by atoms with Gasteiger partial charge in [-0.3, -0.25) is 0 Å². The fourth-order valence-corrected chi connectivity index (χ4v) is 2.59. The summed E-state index contributed by atoms with van der Waals surface area (Å²) in [5.41, 5.74) is 0. The second kappa shape index (κ2) is 4.96. The number of rotatable bonds is 5. The summed E-state index contributed by atoms with van der Waals surface area (Å²) in [6.45, 7) is 3.89. The summed E-state index contributed by atoms with van der Waals surface area (Å²) < 4.78 is 22.3. The molecule has 0 radical (unpaired) electrons. The van der Waals surface area contributed by atoms with E-state index in [0.29, 0.717) is 11.7 Å². The summed E-state index contributed by atoms with van der Waals surface area (Å²) in [5.74, 6) is 1.38. The first-order valence-electron chi connectivity index (χ1n) is 5.05. The van der Waals surface area contributed by atoms with Crippen molar-refractivity contribution in [3.63, 3.8) is 0 Å². The molecule has 1 fully saturated rings. The lowest BCUT2D eigenvalue weighted by Crippen LogP contribution is -2.12. The van der Waals surface area contributed by atoms with Crippen LogP contribution in [-0.2, 0) is 9.84 Å². The van der Waals surface area contributed by atoms with E-state index in [0.717, 1.165) is 25.9 Å². The number of sulfone groups is 1. The van der Waals surface area contributed by atoms with Crippen molar-refractivity contribution in [2.24, 2.45) is 5.92 Å². The smallest absolute Gasteiger partial charge is 0.150 e. The van der Waals surface area contributed by atoms with Gasteiger partial charge in [-0.1, -0.05) is 6.92 Å². The van der Waals surface area contributed by atoms with Crippen LogP contribution < -0.4 is 5.32 Å². The van der Waals surface area contributed by atoms with Crippen molar-refractivity contribution < 1.29 is 8.42 Å². The van der Waals surface area contributed by atoms with Crippen LogP contribution in [0.1, 0.15) is 26.2 Å². The Hall–Kier alpha value is -0.0900. The zero-order valence-electron chi connectivity index (χ0n) is 8.25. The highest BCUT2D eigenvalue weighted by Crippen LogP contribution is 2.14. The molecule has 0 spiro atoms. The predicted molar refractivity (Wildman–Crippen MR) is 54.5 cm³/mol. The van der Waals surface area contributed by atoms with E-state index < -0.39 is 9.84 Å². The lowest BCUT2D eigenvalue weighted by Gasteiger charge is -2.06. The van der Waals surface area contributed by atoms with Crippen molar-refractivity contribution in [2.75, 3.05) is 24.6 Å². The zero-order chi connectivity index (χ0) is 9.73. The van der Waals surface area contributed by atoms with Gasteiger partial charge in [0.25, 0.3) is 0 Å². The van der Waals surface area contributed by atoms with E-state index in [4.69, 9.17) is 0 Å². The van der Waals surface area contributed by atoms with Gasteiger partial charge in [-0.05, 0) is 38.3 Å². The van der Waals surface area contributed by atoms with Crippen LogP contribution in [0.5, 0.6) is 0 Å². The van der Waals surface area contributed by atoms with E-state index in [-0.39, 0.29) is 5.75 Å². The Morgan fingerprint density at radius 3 is 2.77 bits per heavy atom. The minimum absolute atomic E-state index is 0.288. The van der Waals surface area contributed by atoms with Crippen molar-refractivity contribution in [3.05, 3.63) is 0 Å². The quantitative estimate of drug-likeness (QED) is 0.722. The fourth-order valence-electron chi connectivity index (χ4n) is 1.70. The monoisotopic (exact) mass is 205 g/mol. The van der Waals surface area contributed by atoms with Crippen LogP contribution in [-0.4, -0.2) is 33.0 Å². The standard InChI is InChI=1S/C9H19NO2S/c1-2-13(11,12)7-3-4-9-5-6-10-8-9/h9-10H,2-8H2,1H3. The van der Waals surface area contributed by atoms with Gasteiger partial charge in [0.15, 0.2) is 0 Å². The highest BCUT2D eigenvalue weighted by Gasteiger charge is 2.15. The normalized spacial score (nSPS) is 23.6. The number of hydrogen-bond acceptors (Lipinski definition) is 3. The average Bonchev–Trinajstić information content (AvgIpc) is 2.57. The van der Waals surface area contributed by atoms with Crippen LogP contribution in [0, 0.1) is 5.92 Å². The molecular formula is C9H19NO2S. The van der Waals surface area contributed by atoms with Crippen molar-refractivity contribution in [2.45, 2.75) is 26.2 Å². The van der Waals surface area contributed by atoms with Crippen molar-refractivity contribution in [3.8, 4) is 0 Å². The van der Waals surface area contributed by atoms with Crippen LogP contribution in [0.2, 0.25) is 0 Å². The van der Waals surface area contributed by atoms with Crippen molar-refractivity contribution in [1.29, 1.82) is 0 Å². The zero-order valence-corrected chi connectivity index (χ0v) is 9.07. The molecule has 4 heteroatoms. The fraction of sp³-hybridized carbons (Fsp3) is 1.00. The van der Waals surface area contributed by atoms with E-state index in [1.807, 2.05) is 0 Å². The molecule has 1 saturated heterocycles. The molecule has 0 aliphatic carbocycles. The van der Waals surface area contributed by atoms with E-state index in [1.54, 1.807) is 6.92 Å². The van der Waals surface area contributed by atoms with Crippen LogP contribution >= 0.6 is 0 Å². The third kappa shape index (κ3) is 4.09. The van der Waals surface area contributed by atoms with E-state index >= 15 is 0 Å². The first kappa shape index (κ1) is 11.0. The number of nitrogens with one attached hydrogen (secondary N) is 1. The molecule has 1 aliphatic heterocycles. The third-order valence-electron chi connectivity index (χ3n) is 2.67. The molecule has 1 aliphatic rings. The van der Waals surface area contributed by atoms with E-state index in [2.05, 4.69) is 5.32 Å². The first-order valence-corrected chi connectivity index (χ1v) is 6.87. The van der Waals surface area contributed by atoms with Crippen molar-refractivity contribution in [1.82, 2.24) is 5.32 Å². The lowest BCUT2D eigenvalue weighted by atomic mass is 10.0. The molecule has 1 N–H and O–H groups in total. The molecule has 0 amide bonds. The summed E-state index contributed by atoms with van der Waals surface area (Å²) >= 11 is 0. The van der Waals surface area contributed by atoms with Gasteiger partial charge in [-0.25, -0.2) is 8.42 Å². The lowest BCUT2D eigenvalue weighted by molar-refractivity contribution is 0.520. The molecule has 13 heavy (non-hydrogen) atoms. The van der Waals surface area contributed by atoms with Crippen LogP contribution in [0.3, 0.4) is 0 Å². The molecule has 3 nitrogen and oxygen atoms in total. The molecular weight excluding hydrogens is 186 g/mol. The van der Waals surface area contributed by atoms with Gasteiger partial charge in [-0.2, -0.15) is 0 Å². The van der Waals surface area contributed by atoms with Crippen LogP contribution in [0.4, 0.5) is 0 Å². The first-order chi connectivity index (χ1) is 6.14. The van der Waals surface area contributed by atoms with E-state index in [9.17, 15) is 8.42 Å². The Balaban J connectivity index is 2.13. The maximum atomic E-state index is 11.2. The molecule has 1 rings (SSSR count). The SMILES string of the molecule is CCS(=O)(=O)CCCC1CCNC1. The largest absolute Gasteiger partial charge is 0.316 e. The maximum absolute atomic E-state index is 11.2. The van der Waals surface area contributed by atoms with Gasteiger partial charge in [0, 0.05) is 5.75 Å². The van der Waals surface area contributed by atoms with Crippen molar-refractivity contribution >= 4 is 9.84 Å². The Labute approximate surface area is 80.8 Å². The van der Waals surface area contributed by atoms with Gasteiger partial charge >= 0.3 is 0 Å². The number of hydrogen-bond donors (Lipinski definition) is 1. The van der Waals surface area contributed by atoms with Crippen LogP contribution in [0.25, 0.3) is 0 Å². The summed E-state index contributed by atoms with van der Waals surface area (Å²) in [6, 6.07) is 0. The highest BCUT2D eigenvalue weighted by atomic mass is 32.2. The molecule has 1 unspecified atom stereocenters. The Morgan fingerprint density at radius 1 is 1.46 bits per heavy atom. The van der Waals surface area contributed by atoms with E-state index in [1.165, 1.54) is 6.42 Å². The Morgan fingerprint density at radius 2 is 2.23 bits per heavy atom. The second-order valence-corrected chi connectivity index (χ2v) is 6.21. The highest BCUT2D eigenvalue weighted by molar-refractivity contribution is 7.91. The maximum Gasteiger partial charge on any atom is 0.150 e. The summed E-state index contributed by atoms with van der Waals surface area (Å²) in [7, 11) is -2.73. The molecule has 0 aromatic heterocycles. The van der Waals surface area contributed by atoms with Gasteiger partial charge < -0.3 is 5.32 Å². The van der Waals surface area contributed by atoms with Gasteiger partial charge in [-0.15, -0.1) is 0 Å². The van der Waals surface area contributed by atoms with Gasteiger partial charge in [0.05, 0.1) is 5.75 Å². The minimum atomic E-state index is -2.73. The molecule has 0 aromatic carbocycles. The average molecular weight is 205 g/mol. The Kier molecular flexibility index (Phi) is 4.19. The summed E-state index contributed by atoms with van der Waals surface area (Å²) in [6.07, 6.45) is 3.11. The van der Waals surface area contributed by atoms with Crippen LogP contribution in [0.15, 0.2) is 0 Å². The molecule has 0 bridgehead atoms. The van der Waals surface area contributed by atoms with Gasteiger partial charge in [0.2, 0.25) is 0 Å². The molecule has 1 atom stereocenters. The molecule has 0 aromatic rings. The molecule has 1 heterocycles. The molecule has 78 valence electrons. The topological polar surface area (TPSA) is 46.2 Å². The summed E-state index contributed by atoms with van der Waals surface area (Å²) in [5, 5.41) is 3.28. The molecule has 0 saturated carbocycles. The third-order valence-corrected chi connectivity index (χ3v) is 4.46. The summed E-state index contributed by atoms with van der Waals surface area (Å²) in [4.78, 5) is 0. The Bertz CT molecular complexity index is 230. The predicted octanol–water partition coefficient (Wildman–Crippen LogP) is 0.811. The minimum Gasteiger partial charge on any atom is -0.316 e. The van der Waals surface area contributed by atoms with Gasteiger partial charge in [0.1, 0.15) is 9.84 Å². The second-order valence-electron chi connectivity index (χ2n) is 3.74.